The first-order chi connectivity index (χ1) is 8.02. The van der Waals surface area contributed by atoms with Crippen LogP contribution in [0.5, 0.6) is 11.5 Å². The Morgan fingerprint density at radius 1 is 1.41 bits per heavy atom. The van der Waals surface area contributed by atoms with E-state index in [1.807, 2.05) is 32.0 Å². The normalized spacial score (nSPS) is 11.9. The standard InChI is InChI=1S/C13H18O4/c1-9-4-6-11(12(8-9)16-3)17-10(2)5-7-13(14)15/h4,6,8,10H,5,7H2,1-3H3,(H,14,15). The van der Waals surface area contributed by atoms with Gasteiger partial charge in [0, 0.05) is 6.42 Å². The van der Waals surface area contributed by atoms with Crippen molar-refractivity contribution >= 4 is 5.97 Å². The van der Waals surface area contributed by atoms with Crippen LogP contribution in [0.25, 0.3) is 0 Å². The van der Waals surface area contributed by atoms with Gasteiger partial charge in [-0.1, -0.05) is 6.07 Å². The monoisotopic (exact) mass is 238 g/mol. The number of carboxylic acids is 1. The van der Waals surface area contributed by atoms with Crippen LogP contribution in [0, 0.1) is 6.92 Å². The van der Waals surface area contributed by atoms with Gasteiger partial charge in [0.25, 0.3) is 0 Å². The van der Waals surface area contributed by atoms with Gasteiger partial charge in [-0.2, -0.15) is 0 Å². The van der Waals surface area contributed by atoms with E-state index in [0.29, 0.717) is 17.9 Å². The van der Waals surface area contributed by atoms with Crippen LogP contribution in [0.15, 0.2) is 18.2 Å². The average molecular weight is 238 g/mol. The highest BCUT2D eigenvalue weighted by Gasteiger charge is 2.10. The van der Waals surface area contributed by atoms with E-state index in [1.165, 1.54) is 0 Å². The molecule has 0 saturated carbocycles. The van der Waals surface area contributed by atoms with Crippen molar-refractivity contribution in [1.29, 1.82) is 0 Å². The molecule has 0 spiro atoms. The predicted molar refractivity (Wildman–Crippen MR) is 64.7 cm³/mol. The van der Waals surface area contributed by atoms with E-state index in [2.05, 4.69) is 0 Å². The summed E-state index contributed by atoms with van der Waals surface area (Å²) >= 11 is 0. The molecule has 0 heterocycles. The van der Waals surface area contributed by atoms with Gasteiger partial charge in [-0.3, -0.25) is 4.79 Å². The van der Waals surface area contributed by atoms with E-state index in [-0.39, 0.29) is 12.5 Å². The number of benzene rings is 1. The topological polar surface area (TPSA) is 55.8 Å². The summed E-state index contributed by atoms with van der Waals surface area (Å²) < 4.78 is 10.9. The molecular weight excluding hydrogens is 220 g/mol. The number of aliphatic carboxylic acids is 1. The number of ether oxygens (including phenoxy) is 2. The summed E-state index contributed by atoms with van der Waals surface area (Å²) in [6, 6.07) is 5.66. The molecule has 1 unspecified atom stereocenters. The van der Waals surface area contributed by atoms with Crippen LogP contribution in [0.2, 0.25) is 0 Å². The molecule has 0 aromatic heterocycles. The Labute approximate surface area is 101 Å². The Morgan fingerprint density at radius 3 is 2.71 bits per heavy atom. The molecule has 0 aliphatic carbocycles. The SMILES string of the molecule is COc1cc(C)ccc1OC(C)CCC(=O)O. The fourth-order valence-corrected chi connectivity index (χ4v) is 1.47. The fourth-order valence-electron chi connectivity index (χ4n) is 1.47. The molecule has 1 aromatic rings. The van der Waals surface area contributed by atoms with Crippen LogP contribution in [0.4, 0.5) is 0 Å². The summed E-state index contributed by atoms with van der Waals surface area (Å²) in [6.45, 7) is 3.82. The van der Waals surface area contributed by atoms with E-state index in [9.17, 15) is 4.79 Å². The second kappa shape index (κ2) is 6.13. The van der Waals surface area contributed by atoms with Gasteiger partial charge in [0.2, 0.25) is 0 Å². The molecule has 17 heavy (non-hydrogen) atoms. The number of carbonyl (C=O) groups is 1. The summed E-state index contributed by atoms with van der Waals surface area (Å²) in [5.74, 6) is 0.513. The molecule has 4 nitrogen and oxygen atoms in total. The van der Waals surface area contributed by atoms with Gasteiger partial charge in [0.15, 0.2) is 11.5 Å². The largest absolute Gasteiger partial charge is 0.493 e. The van der Waals surface area contributed by atoms with Gasteiger partial charge in [-0.05, 0) is 38.0 Å². The lowest BCUT2D eigenvalue weighted by Gasteiger charge is -2.16. The van der Waals surface area contributed by atoms with Crippen molar-refractivity contribution in [2.75, 3.05) is 7.11 Å². The van der Waals surface area contributed by atoms with Gasteiger partial charge in [-0.25, -0.2) is 0 Å². The highest BCUT2D eigenvalue weighted by atomic mass is 16.5. The lowest BCUT2D eigenvalue weighted by atomic mass is 10.2. The molecule has 4 heteroatoms. The lowest BCUT2D eigenvalue weighted by molar-refractivity contribution is -0.137. The maximum Gasteiger partial charge on any atom is 0.303 e. The van der Waals surface area contributed by atoms with Crippen molar-refractivity contribution < 1.29 is 19.4 Å². The van der Waals surface area contributed by atoms with E-state index in [4.69, 9.17) is 14.6 Å². The molecule has 1 N–H and O–H groups in total. The highest BCUT2D eigenvalue weighted by molar-refractivity contribution is 5.66. The fraction of sp³-hybridized carbons (Fsp3) is 0.462. The number of carboxylic acid groups (broad SMARTS) is 1. The Kier molecular flexibility index (Phi) is 4.82. The van der Waals surface area contributed by atoms with Crippen LogP contribution < -0.4 is 9.47 Å². The molecule has 0 aliphatic rings. The molecule has 94 valence electrons. The van der Waals surface area contributed by atoms with Crippen LogP contribution in [0.3, 0.4) is 0 Å². The third-order valence-electron chi connectivity index (χ3n) is 2.41. The number of rotatable bonds is 6. The van der Waals surface area contributed by atoms with Crippen LogP contribution in [0.1, 0.15) is 25.3 Å². The van der Waals surface area contributed by atoms with Crippen molar-refractivity contribution in [2.45, 2.75) is 32.8 Å². The maximum atomic E-state index is 10.4. The number of aryl methyl sites for hydroxylation is 1. The number of hydrogen-bond acceptors (Lipinski definition) is 3. The van der Waals surface area contributed by atoms with Gasteiger partial charge in [-0.15, -0.1) is 0 Å². The van der Waals surface area contributed by atoms with Gasteiger partial charge in [0.1, 0.15) is 0 Å². The van der Waals surface area contributed by atoms with Crippen molar-refractivity contribution in [1.82, 2.24) is 0 Å². The molecular formula is C13H18O4. The second-order valence-electron chi connectivity index (χ2n) is 4.02. The summed E-state index contributed by atoms with van der Waals surface area (Å²) in [4.78, 5) is 10.4. The first-order valence-electron chi connectivity index (χ1n) is 5.56. The van der Waals surface area contributed by atoms with Gasteiger partial charge in [0.05, 0.1) is 13.2 Å². The zero-order chi connectivity index (χ0) is 12.8. The van der Waals surface area contributed by atoms with Crippen LogP contribution >= 0.6 is 0 Å². The first-order valence-corrected chi connectivity index (χ1v) is 5.56. The minimum atomic E-state index is -0.809. The highest BCUT2D eigenvalue weighted by Crippen LogP contribution is 2.29. The summed E-state index contributed by atoms with van der Waals surface area (Å²) in [5, 5.41) is 8.59. The zero-order valence-electron chi connectivity index (χ0n) is 10.4. The van der Waals surface area contributed by atoms with Crippen molar-refractivity contribution in [3.05, 3.63) is 23.8 Å². The number of methoxy groups -OCH3 is 1. The Bertz CT molecular complexity index is 387. The molecule has 0 aliphatic heterocycles. The van der Waals surface area contributed by atoms with Crippen molar-refractivity contribution in [3.8, 4) is 11.5 Å². The molecule has 1 rings (SSSR count). The molecule has 0 bridgehead atoms. The van der Waals surface area contributed by atoms with E-state index in [0.717, 1.165) is 5.56 Å². The van der Waals surface area contributed by atoms with E-state index < -0.39 is 5.97 Å². The Balaban J connectivity index is 2.64. The minimum absolute atomic E-state index is 0.106. The Morgan fingerprint density at radius 2 is 2.12 bits per heavy atom. The van der Waals surface area contributed by atoms with Crippen LogP contribution in [-0.2, 0) is 4.79 Å². The average Bonchev–Trinajstić information content (AvgIpc) is 2.28. The predicted octanol–water partition coefficient (Wildman–Crippen LogP) is 2.64. The van der Waals surface area contributed by atoms with Gasteiger partial charge >= 0.3 is 5.97 Å². The lowest BCUT2D eigenvalue weighted by Crippen LogP contribution is -2.14. The summed E-state index contributed by atoms with van der Waals surface area (Å²) in [6.07, 6.45) is 0.435. The second-order valence-corrected chi connectivity index (χ2v) is 4.02. The summed E-state index contributed by atoms with van der Waals surface area (Å²) in [5.41, 5.74) is 1.09. The third-order valence-corrected chi connectivity index (χ3v) is 2.41. The molecule has 0 amide bonds. The van der Waals surface area contributed by atoms with Crippen molar-refractivity contribution in [3.63, 3.8) is 0 Å². The molecule has 0 radical (unpaired) electrons. The minimum Gasteiger partial charge on any atom is -0.493 e. The molecule has 0 fully saturated rings. The first kappa shape index (κ1) is 13.4. The molecule has 1 atom stereocenters. The molecule has 0 saturated heterocycles. The van der Waals surface area contributed by atoms with E-state index >= 15 is 0 Å². The maximum absolute atomic E-state index is 10.4. The number of hydrogen-bond donors (Lipinski definition) is 1. The quantitative estimate of drug-likeness (QED) is 0.827. The third kappa shape index (κ3) is 4.34. The van der Waals surface area contributed by atoms with Gasteiger partial charge < -0.3 is 14.6 Å². The smallest absolute Gasteiger partial charge is 0.303 e. The van der Waals surface area contributed by atoms with Crippen molar-refractivity contribution in [2.24, 2.45) is 0 Å². The molecule has 1 aromatic carbocycles. The summed E-state index contributed by atoms with van der Waals surface area (Å²) in [7, 11) is 1.59. The van der Waals surface area contributed by atoms with Crippen LogP contribution in [-0.4, -0.2) is 24.3 Å². The Hall–Kier alpha value is -1.71. The zero-order valence-corrected chi connectivity index (χ0v) is 10.4. The van der Waals surface area contributed by atoms with E-state index in [1.54, 1.807) is 7.11 Å².